The highest BCUT2D eigenvalue weighted by Gasteiger charge is 2.20. The van der Waals surface area contributed by atoms with Gasteiger partial charge in [-0.15, -0.1) is 12.3 Å². The lowest BCUT2D eigenvalue weighted by Gasteiger charge is -2.21. The van der Waals surface area contributed by atoms with E-state index < -0.39 is 0 Å². The minimum absolute atomic E-state index is 0.0283. The SMILES string of the molecule is C#CCC(/C(=C\CCC)c1cccnc1)c1ccc(Cl)cc1Cl. The molecule has 0 bridgehead atoms. The van der Waals surface area contributed by atoms with Gasteiger partial charge in [-0.25, -0.2) is 0 Å². The Hall–Kier alpha value is -1.75. The molecule has 0 aliphatic heterocycles. The molecule has 1 nitrogen and oxygen atoms in total. The van der Waals surface area contributed by atoms with Crippen LogP contribution in [-0.4, -0.2) is 4.98 Å². The van der Waals surface area contributed by atoms with Crippen LogP contribution in [0, 0.1) is 12.3 Å². The van der Waals surface area contributed by atoms with Crippen LogP contribution in [0.25, 0.3) is 5.57 Å². The van der Waals surface area contributed by atoms with Crippen molar-refractivity contribution < 1.29 is 0 Å². The second-order valence-electron chi connectivity index (χ2n) is 5.32. The molecule has 0 saturated carbocycles. The highest BCUT2D eigenvalue weighted by atomic mass is 35.5. The van der Waals surface area contributed by atoms with E-state index in [0.29, 0.717) is 16.5 Å². The lowest BCUT2D eigenvalue weighted by molar-refractivity contribution is 0.884. The highest BCUT2D eigenvalue weighted by molar-refractivity contribution is 6.35. The average molecular weight is 344 g/mol. The molecule has 1 atom stereocenters. The number of hydrogen-bond donors (Lipinski definition) is 0. The van der Waals surface area contributed by atoms with Crippen molar-refractivity contribution in [2.45, 2.75) is 32.1 Å². The smallest absolute Gasteiger partial charge is 0.0459 e. The Balaban J connectivity index is 2.53. The molecule has 2 aromatic rings. The number of halogens is 2. The van der Waals surface area contributed by atoms with Gasteiger partial charge in [0, 0.05) is 34.8 Å². The molecule has 0 amide bonds. The zero-order chi connectivity index (χ0) is 16.7. The number of rotatable bonds is 6. The monoisotopic (exact) mass is 343 g/mol. The predicted molar refractivity (Wildman–Crippen MR) is 99.8 cm³/mol. The number of unbranched alkanes of at least 4 members (excludes halogenated alkanes) is 1. The fourth-order valence-corrected chi connectivity index (χ4v) is 3.12. The van der Waals surface area contributed by atoms with Crippen LogP contribution in [0.4, 0.5) is 0 Å². The first-order chi connectivity index (χ1) is 11.2. The number of hydrogen-bond acceptors (Lipinski definition) is 1. The molecule has 0 saturated heterocycles. The van der Waals surface area contributed by atoms with Crippen molar-refractivity contribution in [3.05, 3.63) is 70.0 Å². The Bertz CT molecular complexity index is 714. The molecule has 1 aromatic carbocycles. The molecule has 1 unspecified atom stereocenters. The van der Waals surface area contributed by atoms with Crippen LogP contribution in [0.5, 0.6) is 0 Å². The van der Waals surface area contributed by atoms with Crippen molar-refractivity contribution >= 4 is 28.8 Å². The van der Waals surface area contributed by atoms with E-state index in [4.69, 9.17) is 29.6 Å². The zero-order valence-corrected chi connectivity index (χ0v) is 14.6. The van der Waals surface area contributed by atoms with Gasteiger partial charge < -0.3 is 0 Å². The first-order valence-corrected chi connectivity index (χ1v) is 8.41. The number of allylic oxidation sites excluding steroid dienone is 2. The normalized spacial score (nSPS) is 12.7. The molecule has 2 rings (SSSR count). The first kappa shape index (κ1) is 17.6. The van der Waals surface area contributed by atoms with E-state index in [1.54, 1.807) is 12.3 Å². The molecule has 0 aliphatic rings. The zero-order valence-electron chi connectivity index (χ0n) is 13.1. The molecule has 1 heterocycles. The molecule has 0 aliphatic carbocycles. The topological polar surface area (TPSA) is 12.9 Å². The molecule has 118 valence electrons. The van der Waals surface area contributed by atoms with E-state index in [1.807, 2.05) is 24.4 Å². The molecular formula is C20H19Cl2N. The van der Waals surface area contributed by atoms with Crippen molar-refractivity contribution in [3.8, 4) is 12.3 Å². The Labute approximate surface area is 148 Å². The number of terminal acetylenes is 1. The van der Waals surface area contributed by atoms with Gasteiger partial charge >= 0.3 is 0 Å². The summed E-state index contributed by atoms with van der Waals surface area (Å²) in [5.41, 5.74) is 3.24. The quantitative estimate of drug-likeness (QED) is 0.554. The number of benzene rings is 1. The molecule has 0 spiro atoms. The number of nitrogens with zero attached hydrogens (tertiary/aromatic N) is 1. The van der Waals surface area contributed by atoms with E-state index in [9.17, 15) is 0 Å². The maximum absolute atomic E-state index is 6.43. The van der Waals surface area contributed by atoms with Crippen LogP contribution in [0.2, 0.25) is 10.0 Å². The molecule has 0 N–H and O–H groups in total. The van der Waals surface area contributed by atoms with Crippen molar-refractivity contribution in [2.75, 3.05) is 0 Å². The Morgan fingerprint density at radius 1 is 1.35 bits per heavy atom. The molecule has 1 aromatic heterocycles. The summed E-state index contributed by atoms with van der Waals surface area (Å²) in [5.74, 6) is 2.81. The van der Waals surface area contributed by atoms with Gasteiger partial charge in [0.25, 0.3) is 0 Å². The Morgan fingerprint density at radius 2 is 2.17 bits per heavy atom. The van der Waals surface area contributed by atoms with Gasteiger partial charge in [0.05, 0.1) is 0 Å². The van der Waals surface area contributed by atoms with Crippen molar-refractivity contribution in [3.63, 3.8) is 0 Å². The summed E-state index contributed by atoms with van der Waals surface area (Å²) < 4.78 is 0. The van der Waals surface area contributed by atoms with Crippen LogP contribution < -0.4 is 0 Å². The van der Waals surface area contributed by atoms with Gasteiger partial charge in [0.1, 0.15) is 0 Å². The molecule has 0 fully saturated rings. The molecule has 3 heteroatoms. The molecular weight excluding hydrogens is 325 g/mol. The summed E-state index contributed by atoms with van der Waals surface area (Å²) >= 11 is 12.5. The van der Waals surface area contributed by atoms with Gasteiger partial charge in [-0.05, 0) is 41.3 Å². The summed E-state index contributed by atoms with van der Waals surface area (Å²) in [4.78, 5) is 4.24. The van der Waals surface area contributed by atoms with Crippen LogP contribution in [0.1, 0.15) is 43.2 Å². The van der Waals surface area contributed by atoms with Crippen LogP contribution in [0.15, 0.2) is 48.8 Å². The third kappa shape index (κ3) is 4.61. The van der Waals surface area contributed by atoms with Crippen molar-refractivity contribution in [2.24, 2.45) is 0 Å². The number of pyridine rings is 1. The van der Waals surface area contributed by atoms with E-state index in [1.165, 1.54) is 5.57 Å². The van der Waals surface area contributed by atoms with E-state index in [0.717, 1.165) is 24.0 Å². The average Bonchev–Trinajstić information content (AvgIpc) is 2.55. The molecule has 23 heavy (non-hydrogen) atoms. The standard InChI is InChI=1S/C20H19Cl2N/c1-3-5-9-17(15-8-6-12-23-14-15)18(7-4-2)19-11-10-16(21)13-20(19)22/h2,6,8-14,18H,3,5,7H2,1H3/b17-9-. The lowest BCUT2D eigenvalue weighted by Crippen LogP contribution is -2.03. The summed E-state index contributed by atoms with van der Waals surface area (Å²) in [6.07, 6.45) is 14.1. The minimum atomic E-state index is 0.0283. The Morgan fingerprint density at radius 3 is 2.78 bits per heavy atom. The third-order valence-electron chi connectivity index (χ3n) is 3.68. The summed E-state index contributed by atoms with van der Waals surface area (Å²) in [5, 5.41) is 1.27. The van der Waals surface area contributed by atoms with Crippen molar-refractivity contribution in [1.29, 1.82) is 0 Å². The van der Waals surface area contributed by atoms with E-state index in [2.05, 4.69) is 30.0 Å². The maximum Gasteiger partial charge on any atom is 0.0459 e. The summed E-state index contributed by atoms with van der Waals surface area (Å²) in [6.45, 7) is 2.16. The van der Waals surface area contributed by atoms with Gasteiger partial charge in [-0.2, -0.15) is 0 Å². The Kier molecular flexibility index (Phi) is 6.71. The summed E-state index contributed by atoms with van der Waals surface area (Å²) in [7, 11) is 0. The van der Waals surface area contributed by atoms with Crippen LogP contribution >= 0.6 is 23.2 Å². The first-order valence-electron chi connectivity index (χ1n) is 7.66. The number of aromatic nitrogens is 1. The third-order valence-corrected chi connectivity index (χ3v) is 4.25. The second kappa shape index (κ2) is 8.77. The van der Waals surface area contributed by atoms with E-state index >= 15 is 0 Å². The largest absolute Gasteiger partial charge is 0.264 e. The molecule has 0 radical (unpaired) electrons. The van der Waals surface area contributed by atoms with Crippen LogP contribution in [-0.2, 0) is 0 Å². The van der Waals surface area contributed by atoms with Crippen LogP contribution in [0.3, 0.4) is 0 Å². The van der Waals surface area contributed by atoms with Crippen molar-refractivity contribution in [1.82, 2.24) is 4.98 Å². The van der Waals surface area contributed by atoms with Gasteiger partial charge in [0.15, 0.2) is 0 Å². The van der Waals surface area contributed by atoms with Gasteiger partial charge in [0.2, 0.25) is 0 Å². The van der Waals surface area contributed by atoms with E-state index in [-0.39, 0.29) is 5.92 Å². The highest BCUT2D eigenvalue weighted by Crippen LogP contribution is 2.39. The van der Waals surface area contributed by atoms with Gasteiger partial charge in [-0.1, -0.05) is 54.8 Å². The lowest BCUT2D eigenvalue weighted by atomic mass is 9.84. The summed E-state index contributed by atoms with van der Waals surface area (Å²) in [6, 6.07) is 9.58. The fraction of sp³-hybridized carbons (Fsp3) is 0.250. The second-order valence-corrected chi connectivity index (χ2v) is 6.16. The maximum atomic E-state index is 6.43. The minimum Gasteiger partial charge on any atom is -0.264 e. The predicted octanol–water partition coefficient (Wildman–Crippen LogP) is 6.38. The fourth-order valence-electron chi connectivity index (χ4n) is 2.58. The van der Waals surface area contributed by atoms with Gasteiger partial charge in [-0.3, -0.25) is 4.98 Å².